The fourth-order valence-electron chi connectivity index (χ4n) is 2.04. The molecule has 0 amide bonds. The van der Waals surface area contributed by atoms with Gasteiger partial charge >= 0.3 is 0 Å². The first-order valence-electron chi connectivity index (χ1n) is 5.48. The summed E-state index contributed by atoms with van der Waals surface area (Å²) < 4.78 is 19.0. The Kier molecular flexibility index (Phi) is 2.46. The summed E-state index contributed by atoms with van der Waals surface area (Å²) in [6.07, 6.45) is 1.85. The van der Waals surface area contributed by atoms with E-state index in [4.69, 9.17) is 4.74 Å². The summed E-state index contributed by atoms with van der Waals surface area (Å²) in [6, 6.07) is 4.89. The van der Waals surface area contributed by atoms with Crippen LogP contribution in [0.4, 0.5) is 4.39 Å². The van der Waals surface area contributed by atoms with Crippen LogP contribution >= 0.6 is 0 Å². The van der Waals surface area contributed by atoms with Crippen LogP contribution in [0.3, 0.4) is 0 Å². The van der Waals surface area contributed by atoms with E-state index in [2.05, 4.69) is 0 Å². The summed E-state index contributed by atoms with van der Waals surface area (Å²) in [4.78, 5) is 0. The number of rotatable bonds is 3. The summed E-state index contributed by atoms with van der Waals surface area (Å²) in [7, 11) is 1.43. The lowest BCUT2D eigenvalue weighted by Crippen LogP contribution is -2.32. The van der Waals surface area contributed by atoms with Crippen LogP contribution in [-0.2, 0) is 5.60 Å². The molecule has 0 heterocycles. The number of aliphatic hydroxyl groups is 1. The minimum Gasteiger partial charge on any atom is -0.494 e. The van der Waals surface area contributed by atoms with Gasteiger partial charge in [0.05, 0.1) is 12.7 Å². The highest BCUT2D eigenvalue weighted by Crippen LogP contribution is 2.58. The fraction of sp³-hybridized carbons (Fsp3) is 0.538. The number of hydrogen-bond acceptors (Lipinski definition) is 2. The van der Waals surface area contributed by atoms with Gasteiger partial charge in [-0.2, -0.15) is 0 Å². The molecule has 0 aromatic heterocycles. The second-order valence-corrected chi connectivity index (χ2v) is 4.95. The van der Waals surface area contributed by atoms with Crippen molar-refractivity contribution in [1.29, 1.82) is 0 Å². The molecule has 16 heavy (non-hydrogen) atoms. The molecule has 0 spiro atoms. The molecule has 1 saturated carbocycles. The Morgan fingerprint density at radius 2 is 2.06 bits per heavy atom. The van der Waals surface area contributed by atoms with Gasteiger partial charge in [0, 0.05) is 11.0 Å². The molecule has 1 unspecified atom stereocenters. The van der Waals surface area contributed by atoms with Crippen molar-refractivity contribution < 1.29 is 14.2 Å². The van der Waals surface area contributed by atoms with Crippen LogP contribution in [0.15, 0.2) is 18.2 Å². The third-order valence-corrected chi connectivity index (χ3v) is 3.88. The quantitative estimate of drug-likeness (QED) is 0.855. The summed E-state index contributed by atoms with van der Waals surface area (Å²) in [5, 5.41) is 10.5. The number of ether oxygens (including phenoxy) is 1. The van der Waals surface area contributed by atoms with Crippen molar-refractivity contribution in [3.05, 3.63) is 29.6 Å². The lowest BCUT2D eigenvalue weighted by atomic mass is 9.81. The summed E-state index contributed by atoms with van der Waals surface area (Å²) in [5.41, 5.74) is -1.02. The van der Waals surface area contributed by atoms with Gasteiger partial charge in [-0.25, -0.2) is 4.39 Å². The predicted molar refractivity (Wildman–Crippen MR) is 59.9 cm³/mol. The fourth-order valence-corrected chi connectivity index (χ4v) is 2.04. The zero-order valence-corrected chi connectivity index (χ0v) is 9.88. The topological polar surface area (TPSA) is 29.5 Å². The van der Waals surface area contributed by atoms with Gasteiger partial charge in [0.15, 0.2) is 11.6 Å². The van der Waals surface area contributed by atoms with E-state index in [-0.39, 0.29) is 11.2 Å². The summed E-state index contributed by atoms with van der Waals surface area (Å²) >= 11 is 0. The molecule has 1 atom stereocenters. The van der Waals surface area contributed by atoms with Gasteiger partial charge in [-0.15, -0.1) is 0 Å². The summed E-state index contributed by atoms with van der Waals surface area (Å²) in [6.45, 7) is 3.66. The van der Waals surface area contributed by atoms with Gasteiger partial charge in [-0.05, 0) is 25.8 Å². The van der Waals surface area contributed by atoms with Crippen molar-refractivity contribution in [2.24, 2.45) is 5.41 Å². The number of benzene rings is 1. The average Bonchev–Trinajstić information content (AvgIpc) is 2.98. The smallest absolute Gasteiger partial charge is 0.171 e. The molecule has 2 rings (SSSR count). The van der Waals surface area contributed by atoms with Crippen LogP contribution < -0.4 is 4.74 Å². The van der Waals surface area contributed by atoms with Crippen molar-refractivity contribution in [3.63, 3.8) is 0 Å². The minimum absolute atomic E-state index is 0.182. The molecule has 0 bridgehead atoms. The minimum atomic E-state index is -1.13. The van der Waals surface area contributed by atoms with Gasteiger partial charge in [0.25, 0.3) is 0 Å². The van der Waals surface area contributed by atoms with E-state index in [1.807, 2.05) is 6.92 Å². The molecule has 1 aromatic rings. The molecule has 1 aromatic carbocycles. The van der Waals surface area contributed by atoms with E-state index < -0.39 is 11.4 Å². The van der Waals surface area contributed by atoms with Crippen LogP contribution in [-0.4, -0.2) is 12.2 Å². The highest BCUT2D eigenvalue weighted by Gasteiger charge is 2.54. The highest BCUT2D eigenvalue weighted by atomic mass is 19.1. The molecule has 1 fully saturated rings. The van der Waals surface area contributed by atoms with E-state index in [1.165, 1.54) is 7.11 Å². The van der Waals surface area contributed by atoms with Gasteiger partial charge in [0.1, 0.15) is 0 Å². The molecule has 1 N–H and O–H groups in total. The Morgan fingerprint density at radius 1 is 1.44 bits per heavy atom. The first kappa shape index (κ1) is 11.4. The normalized spacial score (nSPS) is 21.3. The van der Waals surface area contributed by atoms with Crippen LogP contribution in [0.2, 0.25) is 0 Å². The first-order valence-corrected chi connectivity index (χ1v) is 5.48. The largest absolute Gasteiger partial charge is 0.494 e. The molecule has 88 valence electrons. The molecular formula is C13H17FO2. The maximum atomic E-state index is 14.0. The SMILES string of the molecule is COc1cccc(C(C)(O)C2(C)CC2)c1F. The zero-order chi connectivity index (χ0) is 12.0. The van der Waals surface area contributed by atoms with Crippen LogP contribution in [0.25, 0.3) is 0 Å². The molecular weight excluding hydrogens is 207 g/mol. The molecule has 0 aliphatic heterocycles. The van der Waals surface area contributed by atoms with E-state index in [0.29, 0.717) is 5.56 Å². The van der Waals surface area contributed by atoms with Crippen molar-refractivity contribution in [3.8, 4) is 5.75 Å². The third-order valence-electron chi connectivity index (χ3n) is 3.88. The van der Waals surface area contributed by atoms with E-state index in [0.717, 1.165) is 12.8 Å². The van der Waals surface area contributed by atoms with Crippen LogP contribution in [0, 0.1) is 11.2 Å². The molecule has 0 radical (unpaired) electrons. The van der Waals surface area contributed by atoms with Gasteiger partial charge in [0.2, 0.25) is 0 Å². The van der Waals surface area contributed by atoms with Crippen LogP contribution in [0.1, 0.15) is 32.3 Å². The Morgan fingerprint density at radius 3 is 2.56 bits per heavy atom. The highest BCUT2D eigenvalue weighted by molar-refractivity contribution is 5.36. The Labute approximate surface area is 95.1 Å². The number of halogens is 1. The van der Waals surface area contributed by atoms with E-state index in [1.54, 1.807) is 25.1 Å². The van der Waals surface area contributed by atoms with Gasteiger partial charge in [-0.3, -0.25) is 0 Å². The standard InChI is InChI=1S/C13H17FO2/c1-12(7-8-12)13(2,15)9-5-4-6-10(16-3)11(9)14/h4-6,15H,7-8H2,1-3H3. The van der Waals surface area contributed by atoms with Crippen molar-refractivity contribution in [2.45, 2.75) is 32.3 Å². The average molecular weight is 224 g/mol. The number of hydrogen-bond donors (Lipinski definition) is 1. The second kappa shape index (κ2) is 3.45. The zero-order valence-electron chi connectivity index (χ0n) is 9.88. The van der Waals surface area contributed by atoms with Gasteiger partial charge in [-0.1, -0.05) is 19.1 Å². The second-order valence-electron chi connectivity index (χ2n) is 4.95. The molecule has 2 nitrogen and oxygen atoms in total. The van der Waals surface area contributed by atoms with E-state index in [9.17, 15) is 9.50 Å². The maximum absolute atomic E-state index is 14.0. The Bertz CT molecular complexity index is 408. The third kappa shape index (κ3) is 1.50. The molecule has 1 aliphatic rings. The van der Waals surface area contributed by atoms with Crippen molar-refractivity contribution in [1.82, 2.24) is 0 Å². The summed E-state index contributed by atoms with van der Waals surface area (Å²) in [5.74, 6) is -0.273. The van der Waals surface area contributed by atoms with Crippen LogP contribution in [0.5, 0.6) is 5.75 Å². The van der Waals surface area contributed by atoms with E-state index >= 15 is 0 Å². The monoisotopic (exact) mass is 224 g/mol. The molecule has 1 aliphatic carbocycles. The Balaban J connectivity index is 2.48. The lowest BCUT2D eigenvalue weighted by Gasteiger charge is -2.31. The number of methoxy groups -OCH3 is 1. The first-order chi connectivity index (χ1) is 7.42. The van der Waals surface area contributed by atoms with Crippen molar-refractivity contribution in [2.75, 3.05) is 7.11 Å². The molecule has 0 saturated heterocycles. The maximum Gasteiger partial charge on any atom is 0.171 e. The lowest BCUT2D eigenvalue weighted by molar-refractivity contribution is -0.0160. The predicted octanol–water partition coefficient (Wildman–Crippen LogP) is 2.84. The Hall–Kier alpha value is -1.09. The molecule has 3 heteroatoms. The van der Waals surface area contributed by atoms with Crippen molar-refractivity contribution >= 4 is 0 Å². The van der Waals surface area contributed by atoms with Gasteiger partial charge < -0.3 is 9.84 Å².